The zero-order valence-electron chi connectivity index (χ0n) is 19.0. The quantitative estimate of drug-likeness (QED) is 0.352. The number of oxazole rings is 1. The summed E-state index contributed by atoms with van der Waals surface area (Å²) >= 11 is 1.23. The van der Waals surface area contributed by atoms with E-state index < -0.39 is 22.9 Å². The first kappa shape index (κ1) is 22.6. The third kappa shape index (κ3) is 3.79. The van der Waals surface area contributed by atoms with Gasteiger partial charge in [-0.25, -0.2) is 29.3 Å². The van der Waals surface area contributed by atoms with Crippen molar-refractivity contribution in [2.45, 2.75) is 30.2 Å². The number of amidine groups is 1. The smallest absolute Gasteiger partial charge is 0.233 e. The van der Waals surface area contributed by atoms with Gasteiger partial charge in [0, 0.05) is 17.7 Å². The second-order valence-electron chi connectivity index (χ2n) is 8.79. The Morgan fingerprint density at radius 2 is 2.14 bits per heavy atom. The average Bonchev–Trinajstić information content (AvgIpc) is 3.38. The lowest BCUT2D eigenvalue weighted by molar-refractivity contribution is 0.253. The summed E-state index contributed by atoms with van der Waals surface area (Å²) < 4.78 is 38.8. The maximum atomic E-state index is 14.9. The molecule has 3 atom stereocenters. The summed E-state index contributed by atoms with van der Waals surface area (Å²) in [4.78, 5) is 25.7. The largest absolute Gasteiger partial charge is 0.467 e. The number of aromatic nitrogens is 5. The number of anilines is 2. The van der Waals surface area contributed by atoms with Crippen LogP contribution in [0.25, 0.3) is 11.0 Å². The minimum absolute atomic E-state index is 0.113. The van der Waals surface area contributed by atoms with Gasteiger partial charge in [-0.2, -0.15) is 4.39 Å². The van der Waals surface area contributed by atoms with Crippen LogP contribution in [-0.2, 0) is 12.1 Å². The predicted molar refractivity (Wildman–Crippen MR) is 129 cm³/mol. The molecule has 6 rings (SSSR count). The third-order valence-corrected chi connectivity index (χ3v) is 7.76. The second kappa shape index (κ2) is 8.36. The molecule has 36 heavy (non-hydrogen) atoms. The highest BCUT2D eigenvalue weighted by atomic mass is 32.2. The molecule has 4 aromatic heterocycles. The van der Waals surface area contributed by atoms with Crippen LogP contribution in [0.4, 0.5) is 20.3 Å². The molecule has 0 spiro atoms. The summed E-state index contributed by atoms with van der Waals surface area (Å²) in [7, 11) is 0. The Kier molecular flexibility index (Phi) is 5.25. The molecule has 1 saturated carbocycles. The van der Waals surface area contributed by atoms with Gasteiger partial charge in [-0.05, 0) is 25.5 Å². The van der Waals surface area contributed by atoms with Crippen LogP contribution in [0.5, 0.6) is 5.88 Å². The standard InChI is InChI=1S/C23H20F2N8O2S/c1-22(15-7-23(15,11-24)36-21(26)33-22)13-6-12(8-30-19(13)25)31-20-18-14(2-3-28-20)32-16(9-29-18)35-10-17-27-4-5-34-17/h2-6,8-9,15H,7,10-11H2,1H3,(H2,26,33)(H,28,31)/t15?,22-,23-/m1/s1. The number of thioether (sulfide) groups is 1. The fraction of sp³-hybridized carbons (Fsp3) is 0.304. The van der Waals surface area contributed by atoms with Crippen molar-refractivity contribution in [3.05, 3.63) is 60.6 Å². The normalized spacial score (nSPS) is 24.8. The topological polar surface area (TPSA) is 137 Å². The number of pyridine rings is 2. The molecular formula is C23H20F2N8O2S. The van der Waals surface area contributed by atoms with Gasteiger partial charge in [-0.3, -0.25) is 4.99 Å². The lowest BCUT2D eigenvalue weighted by Gasteiger charge is -2.33. The molecule has 5 heterocycles. The van der Waals surface area contributed by atoms with Gasteiger partial charge in [-0.1, -0.05) is 11.8 Å². The Morgan fingerprint density at radius 3 is 2.94 bits per heavy atom. The number of halogens is 2. The van der Waals surface area contributed by atoms with E-state index >= 15 is 0 Å². The van der Waals surface area contributed by atoms with Crippen LogP contribution in [0.3, 0.4) is 0 Å². The molecule has 0 amide bonds. The van der Waals surface area contributed by atoms with Gasteiger partial charge >= 0.3 is 0 Å². The van der Waals surface area contributed by atoms with Crippen molar-refractivity contribution in [2.75, 3.05) is 12.0 Å². The number of hydrogen-bond donors (Lipinski definition) is 2. The Hall–Kier alpha value is -3.87. The number of ether oxygens (including phenoxy) is 1. The molecule has 13 heteroatoms. The number of fused-ring (bicyclic) bond motifs is 2. The van der Waals surface area contributed by atoms with Crippen LogP contribution >= 0.6 is 11.8 Å². The van der Waals surface area contributed by atoms with Crippen LogP contribution in [0.15, 0.2) is 52.6 Å². The molecule has 3 N–H and O–H groups in total. The van der Waals surface area contributed by atoms with Crippen molar-refractivity contribution in [1.82, 2.24) is 24.9 Å². The van der Waals surface area contributed by atoms with Crippen molar-refractivity contribution >= 4 is 39.5 Å². The molecule has 1 aliphatic heterocycles. The van der Waals surface area contributed by atoms with Gasteiger partial charge in [0.15, 0.2) is 17.6 Å². The Labute approximate surface area is 207 Å². The first-order chi connectivity index (χ1) is 17.4. The van der Waals surface area contributed by atoms with E-state index in [4.69, 9.17) is 14.9 Å². The van der Waals surface area contributed by atoms with Crippen LogP contribution in [0.1, 0.15) is 24.8 Å². The number of nitrogens with one attached hydrogen (secondary N) is 1. The van der Waals surface area contributed by atoms with Crippen molar-refractivity contribution in [3.8, 4) is 5.88 Å². The molecule has 2 aliphatic rings. The predicted octanol–water partition coefficient (Wildman–Crippen LogP) is 3.87. The molecule has 184 valence electrons. The molecule has 10 nitrogen and oxygen atoms in total. The highest BCUT2D eigenvalue weighted by molar-refractivity contribution is 8.15. The van der Waals surface area contributed by atoms with Gasteiger partial charge in [0.25, 0.3) is 0 Å². The Morgan fingerprint density at radius 1 is 1.25 bits per heavy atom. The third-order valence-electron chi connectivity index (χ3n) is 6.49. The first-order valence-corrected chi connectivity index (χ1v) is 11.9. The monoisotopic (exact) mass is 510 g/mol. The van der Waals surface area contributed by atoms with Crippen LogP contribution < -0.4 is 15.8 Å². The minimum atomic E-state index is -1.03. The molecule has 4 aromatic rings. The number of nitrogens with two attached hydrogens (primary N) is 1. The lowest BCUT2D eigenvalue weighted by Crippen LogP contribution is -2.37. The van der Waals surface area contributed by atoms with E-state index in [0.717, 1.165) is 0 Å². The average molecular weight is 511 g/mol. The van der Waals surface area contributed by atoms with Crippen molar-refractivity contribution in [3.63, 3.8) is 0 Å². The summed E-state index contributed by atoms with van der Waals surface area (Å²) in [5, 5.41) is 3.38. The van der Waals surface area contributed by atoms with Gasteiger partial charge in [0.1, 0.15) is 18.5 Å². The zero-order chi connectivity index (χ0) is 24.9. The lowest BCUT2D eigenvalue weighted by atomic mass is 9.86. The summed E-state index contributed by atoms with van der Waals surface area (Å²) in [5.74, 6) is 0.248. The van der Waals surface area contributed by atoms with E-state index in [1.54, 1.807) is 25.3 Å². The molecule has 1 fully saturated rings. The highest BCUT2D eigenvalue weighted by Gasteiger charge is 2.67. The Balaban J connectivity index is 1.29. The van der Waals surface area contributed by atoms with Gasteiger partial charge < -0.3 is 20.2 Å². The summed E-state index contributed by atoms with van der Waals surface area (Å²) in [5.41, 5.74) is 6.70. The highest BCUT2D eigenvalue weighted by Crippen LogP contribution is 2.66. The van der Waals surface area contributed by atoms with Crippen LogP contribution in [-0.4, -0.2) is 41.5 Å². The van der Waals surface area contributed by atoms with Gasteiger partial charge in [-0.15, -0.1) is 0 Å². The summed E-state index contributed by atoms with van der Waals surface area (Å²) in [6, 6.07) is 3.31. The molecule has 1 aliphatic carbocycles. The van der Waals surface area contributed by atoms with E-state index in [-0.39, 0.29) is 23.3 Å². The van der Waals surface area contributed by atoms with E-state index in [1.807, 2.05) is 0 Å². The maximum absolute atomic E-state index is 14.9. The SMILES string of the molecule is C[C@]1(c2cc(Nc3nccc4nc(OCc5ncco5)cnc34)cnc2F)N=C(N)S[C@@]2(CF)CC21. The number of nitrogens with zero attached hydrogens (tertiary/aromatic N) is 6. The molecule has 0 aromatic carbocycles. The van der Waals surface area contributed by atoms with Crippen molar-refractivity contribution in [2.24, 2.45) is 16.6 Å². The summed E-state index contributed by atoms with van der Waals surface area (Å²) in [6.07, 6.45) is 7.94. The van der Waals surface area contributed by atoms with E-state index in [9.17, 15) is 8.78 Å². The molecule has 1 unspecified atom stereocenters. The zero-order valence-corrected chi connectivity index (χ0v) is 19.8. The van der Waals surface area contributed by atoms with E-state index in [1.165, 1.54) is 36.6 Å². The fourth-order valence-corrected chi connectivity index (χ4v) is 5.96. The number of alkyl halides is 1. The first-order valence-electron chi connectivity index (χ1n) is 11.1. The van der Waals surface area contributed by atoms with Gasteiger partial charge in [0.05, 0.1) is 40.1 Å². The molecular weight excluding hydrogens is 490 g/mol. The van der Waals surface area contributed by atoms with Crippen LogP contribution in [0.2, 0.25) is 0 Å². The summed E-state index contributed by atoms with van der Waals surface area (Å²) in [6.45, 7) is 1.33. The van der Waals surface area contributed by atoms with E-state index in [0.29, 0.717) is 40.7 Å². The minimum Gasteiger partial charge on any atom is -0.467 e. The number of hydrogen-bond acceptors (Lipinski definition) is 11. The maximum Gasteiger partial charge on any atom is 0.233 e. The van der Waals surface area contributed by atoms with Gasteiger partial charge in [0.2, 0.25) is 17.7 Å². The van der Waals surface area contributed by atoms with Crippen molar-refractivity contribution < 1.29 is 17.9 Å². The number of rotatable bonds is 7. The second-order valence-corrected chi connectivity index (χ2v) is 10.2. The van der Waals surface area contributed by atoms with Crippen molar-refractivity contribution in [1.29, 1.82) is 0 Å². The number of aliphatic imine (C=N–C) groups is 1. The molecule has 0 radical (unpaired) electrons. The Bertz CT molecular complexity index is 1490. The van der Waals surface area contributed by atoms with E-state index in [2.05, 4.69) is 35.2 Å². The van der Waals surface area contributed by atoms with Crippen LogP contribution in [0, 0.1) is 11.9 Å². The molecule has 0 saturated heterocycles. The molecule has 0 bridgehead atoms. The fourth-order valence-electron chi connectivity index (χ4n) is 4.63.